The zero-order chi connectivity index (χ0) is 16.9. The van der Waals surface area contributed by atoms with Gasteiger partial charge in [0.1, 0.15) is 4.60 Å². The van der Waals surface area contributed by atoms with Gasteiger partial charge in [0.2, 0.25) is 0 Å². The fourth-order valence-electron chi connectivity index (χ4n) is 2.40. The quantitative estimate of drug-likeness (QED) is 0.577. The van der Waals surface area contributed by atoms with Gasteiger partial charge in [-0.3, -0.25) is 4.40 Å². The second-order valence-corrected chi connectivity index (χ2v) is 6.43. The van der Waals surface area contributed by atoms with E-state index in [9.17, 15) is 0 Å². The maximum Gasteiger partial charge on any atom is 0.181 e. The lowest BCUT2D eigenvalue weighted by Crippen LogP contribution is -2.09. The lowest BCUT2D eigenvalue weighted by atomic mass is 10.1. The number of rotatable bonds is 7. The zero-order valence-corrected chi connectivity index (χ0v) is 15.6. The Balaban J connectivity index is 1.94. The number of fused-ring (bicyclic) bond motifs is 1. The predicted octanol–water partition coefficient (Wildman–Crippen LogP) is 4.65. The first-order valence-corrected chi connectivity index (χ1v) is 8.98. The highest BCUT2D eigenvalue weighted by Crippen LogP contribution is 2.29. The van der Waals surface area contributed by atoms with Crippen LogP contribution in [0.15, 0.2) is 41.3 Å². The highest BCUT2D eigenvalue weighted by Gasteiger charge is 2.13. The fraction of sp³-hybridized carbons (Fsp3) is 0.294. The topological polar surface area (TPSA) is 51.5 Å². The molecule has 0 fully saturated rings. The van der Waals surface area contributed by atoms with E-state index in [-0.39, 0.29) is 0 Å². The Morgan fingerprint density at radius 1 is 1.33 bits per heavy atom. The van der Waals surface area contributed by atoms with Crippen molar-refractivity contribution in [1.82, 2.24) is 14.4 Å². The van der Waals surface area contributed by atoms with Crippen LogP contribution in [0.25, 0.3) is 16.9 Å². The van der Waals surface area contributed by atoms with Gasteiger partial charge in [-0.15, -0.1) is 0 Å². The molecule has 3 aromatic rings. The van der Waals surface area contributed by atoms with Crippen LogP contribution in [0.5, 0.6) is 0 Å². The van der Waals surface area contributed by atoms with E-state index in [2.05, 4.69) is 26.2 Å². The van der Waals surface area contributed by atoms with Crippen LogP contribution in [-0.4, -0.2) is 34.1 Å². The average Bonchev–Trinajstić information content (AvgIpc) is 2.96. The van der Waals surface area contributed by atoms with Gasteiger partial charge in [-0.1, -0.05) is 29.8 Å². The van der Waals surface area contributed by atoms with Crippen LogP contribution in [0, 0.1) is 0 Å². The first-order chi connectivity index (χ1) is 11.7. The minimum Gasteiger partial charge on any atom is -0.382 e. The Morgan fingerprint density at radius 3 is 2.96 bits per heavy atom. The second kappa shape index (κ2) is 7.96. The van der Waals surface area contributed by atoms with Gasteiger partial charge in [0.25, 0.3) is 0 Å². The molecule has 0 spiro atoms. The van der Waals surface area contributed by atoms with Gasteiger partial charge in [-0.2, -0.15) is 0 Å². The van der Waals surface area contributed by atoms with Gasteiger partial charge < -0.3 is 10.1 Å². The van der Waals surface area contributed by atoms with Crippen LogP contribution >= 0.6 is 27.5 Å². The molecule has 0 amide bonds. The normalized spacial score (nSPS) is 11.1. The molecule has 0 radical (unpaired) electrons. The van der Waals surface area contributed by atoms with E-state index < -0.39 is 0 Å². The molecule has 3 rings (SSSR count). The second-order valence-electron chi connectivity index (χ2n) is 5.21. The van der Waals surface area contributed by atoms with Crippen molar-refractivity contribution in [3.63, 3.8) is 0 Å². The molecule has 0 saturated carbocycles. The van der Waals surface area contributed by atoms with E-state index in [0.29, 0.717) is 5.02 Å². The van der Waals surface area contributed by atoms with Crippen molar-refractivity contribution in [3.05, 3.63) is 46.3 Å². The van der Waals surface area contributed by atoms with Crippen LogP contribution in [0.2, 0.25) is 5.02 Å². The molecule has 7 heteroatoms. The largest absolute Gasteiger partial charge is 0.382 e. The third-order valence-corrected chi connectivity index (χ3v) is 4.48. The number of hydrogen-bond acceptors (Lipinski definition) is 4. The summed E-state index contributed by atoms with van der Waals surface area (Å²) < 4.78 is 8.19. The number of aromatic nitrogens is 3. The molecule has 0 atom stereocenters. The summed E-state index contributed by atoms with van der Waals surface area (Å²) in [5.41, 5.74) is 2.45. The lowest BCUT2D eigenvalue weighted by Gasteiger charge is -2.11. The van der Waals surface area contributed by atoms with Crippen molar-refractivity contribution in [1.29, 1.82) is 0 Å². The molecular formula is C17H18BrClN4O. The number of anilines is 1. The van der Waals surface area contributed by atoms with E-state index in [1.165, 1.54) is 0 Å². The SMILES string of the molecule is CCOCCCNc1nc(-c2ccccc2Cl)cn2c(Br)cnc12. The number of halogens is 2. The Morgan fingerprint density at radius 2 is 2.17 bits per heavy atom. The summed E-state index contributed by atoms with van der Waals surface area (Å²) in [5.74, 6) is 0.731. The minimum absolute atomic E-state index is 0.669. The van der Waals surface area contributed by atoms with Crippen molar-refractivity contribution in [2.24, 2.45) is 0 Å². The molecule has 0 aliphatic carbocycles. The van der Waals surface area contributed by atoms with E-state index in [1.807, 2.05) is 41.8 Å². The summed E-state index contributed by atoms with van der Waals surface area (Å²) in [4.78, 5) is 9.14. The number of nitrogens with one attached hydrogen (secondary N) is 1. The Labute approximate surface area is 154 Å². The molecule has 2 aromatic heterocycles. The molecule has 0 saturated heterocycles. The third-order valence-electron chi connectivity index (χ3n) is 3.56. The third kappa shape index (κ3) is 3.71. The smallest absolute Gasteiger partial charge is 0.181 e. The maximum atomic E-state index is 6.32. The maximum absolute atomic E-state index is 6.32. The van der Waals surface area contributed by atoms with E-state index >= 15 is 0 Å². The summed E-state index contributed by atoms with van der Waals surface area (Å²) in [6.45, 7) is 4.21. The number of ether oxygens (including phenoxy) is 1. The van der Waals surface area contributed by atoms with Gasteiger partial charge in [0.15, 0.2) is 11.5 Å². The highest BCUT2D eigenvalue weighted by atomic mass is 79.9. The highest BCUT2D eigenvalue weighted by molar-refractivity contribution is 9.10. The molecular weight excluding hydrogens is 392 g/mol. The van der Waals surface area contributed by atoms with Crippen LogP contribution in [-0.2, 0) is 4.74 Å². The van der Waals surface area contributed by atoms with Crippen molar-refractivity contribution in [3.8, 4) is 11.3 Å². The van der Waals surface area contributed by atoms with Gasteiger partial charge in [0, 0.05) is 31.5 Å². The molecule has 1 N–H and O–H groups in total. The fourth-order valence-corrected chi connectivity index (χ4v) is 3.01. The van der Waals surface area contributed by atoms with Gasteiger partial charge in [0.05, 0.1) is 16.9 Å². The van der Waals surface area contributed by atoms with Crippen LogP contribution in [0.3, 0.4) is 0 Å². The van der Waals surface area contributed by atoms with Crippen LogP contribution in [0.1, 0.15) is 13.3 Å². The number of imidazole rings is 1. The molecule has 0 bridgehead atoms. The Hall–Kier alpha value is -1.63. The standard InChI is InChI=1S/C17H18BrClN4O/c1-2-24-9-5-8-20-16-17-21-10-15(18)23(17)11-14(22-16)12-6-3-4-7-13(12)19/h3-4,6-7,10-11H,2,5,8-9H2,1H3,(H,20,22). The summed E-state index contributed by atoms with van der Waals surface area (Å²) in [6, 6.07) is 7.68. The molecule has 0 aliphatic heterocycles. The van der Waals surface area contributed by atoms with Crippen LogP contribution in [0.4, 0.5) is 5.82 Å². The lowest BCUT2D eigenvalue weighted by molar-refractivity contribution is 0.147. The summed E-state index contributed by atoms with van der Waals surface area (Å²) in [7, 11) is 0. The Kier molecular flexibility index (Phi) is 5.71. The molecule has 5 nitrogen and oxygen atoms in total. The first-order valence-electron chi connectivity index (χ1n) is 7.81. The summed E-state index contributed by atoms with van der Waals surface area (Å²) in [6.07, 6.45) is 4.59. The minimum atomic E-state index is 0.669. The van der Waals surface area contributed by atoms with Gasteiger partial charge >= 0.3 is 0 Å². The monoisotopic (exact) mass is 408 g/mol. The number of hydrogen-bond donors (Lipinski definition) is 1. The molecule has 24 heavy (non-hydrogen) atoms. The molecule has 126 valence electrons. The van der Waals surface area contributed by atoms with Crippen molar-refractivity contribution in [2.45, 2.75) is 13.3 Å². The first kappa shape index (κ1) is 17.2. The molecule has 0 aliphatic rings. The van der Waals surface area contributed by atoms with Gasteiger partial charge in [-0.25, -0.2) is 9.97 Å². The van der Waals surface area contributed by atoms with Crippen LogP contribution < -0.4 is 5.32 Å². The molecule has 1 aromatic carbocycles. The van der Waals surface area contributed by atoms with Crippen molar-refractivity contribution in [2.75, 3.05) is 25.1 Å². The Bertz CT molecular complexity index is 837. The van der Waals surface area contributed by atoms with Crippen molar-refractivity contribution >= 4 is 39.0 Å². The summed E-state index contributed by atoms with van der Waals surface area (Å²) in [5, 5.41) is 4.02. The number of nitrogens with zero attached hydrogens (tertiary/aromatic N) is 3. The predicted molar refractivity (Wildman–Crippen MR) is 101 cm³/mol. The van der Waals surface area contributed by atoms with Crippen molar-refractivity contribution < 1.29 is 4.74 Å². The molecule has 0 unspecified atom stereocenters. The van der Waals surface area contributed by atoms with Gasteiger partial charge in [-0.05, 0) is 35.3 Å². The van der Waals surface area contributed by atoms with E-state index in [0.717, 1.165) is 53.5 Å². The summed E-state index contributed by atoms with van der Waals surface area (Å²) >= 11 is 9.84. The molecule has 2 heterocycles. The van der Waals surface area contributed by atoms with E-state index in [1.54, 1.807) is 6.20 Å². The number of benzene rings is 1. The average molecular weight is 410 g/mol. The zero-order valence-electron chi connectivity index (χ0n) is 13.3. The van der Waals surface area contributed by atoms with E-state index in [4.69, 9.17) is 21.3 Å².